The highest BCUT2D eigenvalue weighted by molar-refractivity contribution is 5.49. The largest absolute Gasteiger partial charge is 0.451 e. The third-order valence-corrected chi connectivity index (χ3v) is 2.94. The number of hydrogen-bond acceptors (Lipinski definition) is 4. The lowest BCUT2D eigenvalue weighted by atomic mass is 10.2. The highest BCUT2D eigenvalue weighted by atomic mass is 19.4. The van der Waals surface area contributed by atoms with Gasteiger partial charge in [-0.1, -0.05) is 6.92 Å². The van der Waals surface area contributed by atoms with Gasteiger partial charge in [-0.25, -0.2) is 9.97 Å². The Bertz CT molecular complexity index is 420. The van der Waals surface area contributed by atoms with Gasteiger partial charge in [0.2, 0.25) is 5.82 Å². The van der Waals surface area contributed by atoms with Gasteiger partial charge in [-0.3, -0.25) is 0 Å². The standard InChI is InChI=1S/C12H19F3N4/c1-5-8(3)19(4)10-7-9(16-6-2)17-11(18-10)12(13,14)15/h7-8H,5-6H2,1-4H3,(H,16,17,18). The zero-order valence-electron chi connectivity index (χ0n) is 11.5. The van der Waals surface area contributed by atoms with Crippen molar-refractivity contribution in [2.45, 2.75) is 39.4 Å². The SMILES string of the molecule is CCNc1cc(N(C)C(C)CC)nc(C(F)(F)F)n1. The fourth-order valence-corrected chi connectivity index (χ4v) is 1.51. The Labute approximate surface area is 111 Å². The fourth-order valence-electron chi connectivity index (χ4n) is 1.51. The molecule has 0 spiro atoms. The molecule has 1 unspecified atom stereocenters. The average molecular weight is 276 g/mol. The fraction of sp³-hybridized carbons (Fsp3) is 0.667. The third kappa shape index (κ3) is 3.97. The smallest absolute Gasteiger partial charge is 0.370 e. The molecule has 1 aromatic heterocycles. The van der Waals surface area contributed by atoms with Crippen LogP contribution in [-0.4, -0.2) is 29.6 Å². The topological polar surface area (TPSA) is 41.0 Å². The molecule has 1 N–H and O–H groups in total. The van der Waals surface area contributed by atoms with Gasteiger partial charge >= 0.3 is 6.18 Å². The molecule has 0 amide bonds. The first-order chi connectivity index (χ1) is 8.79. The lowest BCUT2D eigenvalue weighted by Gasteiger charge is -2.25. The predicted octanol–water partition coefficient (Wildman–Crippen LogP) is 3.16. The van der Waals surface area contributed by atoms with Crippen molar-refractivity contribution in [3.8, 4) is 0 Å². The summed E-state index contributed by atoms with van der Waals surface area (Å²) in [7, 11) is 1.73. The summed E-state index contributed by atoms with van der Waals surface area (Å²) in [4.78, 5) is 8.81. The van der Waals surface area contributed by atoms with Crippen LogP contribution in [0.15, 0.2) is 6.07 Å². The van der Waals surface area contributed by atoms with Crippen LogP contribution >= 0.6 is 0 Å². The molecule has 0 aliphatic heterocycles. The van der Waals surface area contributed by atoms with Crippen LogP contribution in [-0.2, 0) is 6.18 Å². The van der Waals surface area contributed by atoms with E-state index in [4.69, 9.17) is 0 Å². The van der Waals surface area contributed by atoms with Crippen LogP contribution in [0.5, 0.6) is 0 Å². The average Bonchev–Trinajstić information content (AvgIpc) is 2.36. The molecule has 0 aliphatic carbocycles. The number of halogens is 3. The molecule has 1 rings (SSSR count). The first-order valence-corrected chi connectivity index (χ1v) is 6.22. The van der Waals surface area contributed by atoms with Crippen LogP contribution in [0.25, 0.3) is 0 Å². The van der Waals surface area contributed by atoms with E-state index < -0.39 is 12.0 Å². The van der Waals surface area contributed by atoms with Crippen LogP contribution in [0, 0.1) is 0 Å². The normalized spacial score (nSPS) is 13.2. The van der Waals surface area contributed by atoms with Crippen LogP contribution in [0.2, 0.25) is 0 Å². The summed E-state index contributed by atoms with van der Waals surface area (Å²) in [5, 5.41) is 2.79. The summed E-state index contributed by atoms with van der Waals surface area (Å²) in [6.07, 6.45) is -3.73. The summed E-state index contributed by atoms with van der Waals surface area (Å²) < 4.78 is 38.3. The molecule has 0 radical (unpaired) electrons. The number of aromatic nitrogens is 2. The van der Waals surface area contributed by atoms with E-state index in [0.29, 0.717) is 6.54 Å². The van der Waals surface area contributed by atoms with E-state index in [1.165, 1.54) is 6.07 Å². The van der Waals surface area contributed by atoms with Crippen molar-refractivity contribution < 1.29 is 13.2 Å². The molecule has 0 fully saturated rings. The molecular weight excluding hydrogens is 257 g/mol. The molecule has 7 heteroatoms. The molecule has 0 saturated carbocycles. The van der Waals surface area contributed by atoms with Gasteiger partial charge in [-0.2, -0.15) is 13.2 Å². The third-order valence-electron chi connectivity index (χ3n) is 2.94. The molecular formula is C12H19F3N4. The molecule has 1 atom stereocenters. The second-order valence-electron chi connectivity index (χ2n) is 4.33. The second-order valence-corrected chi connectivity index (χ2v) is 4.33. The predicted molar refractivity (Wildman–Crippen MR) is 69.4 cm³/mol. The van der Waals surface area contributed by atoms with Crippen LogP contribution < -0.4 is 10.2 Å². The highest BCUT2D eigenvalue weighted by Gasteiger charge is 2.35. The van der Waals surface area contributed by atoms with Crippen LogP contribution in [0.1, 0.15) is 33.0 Å². The minimum absolute atomic E-state index is 0.102. The number of anilines is 2. The van der Waals surface area contributed by atoms with Crippen molar-refractivity contribution in [2.75, 3.05) is 23.8 Å². The highest BCUT2D eigenvalue weighted by Crippen LogP contribution is 2.29. The van der Waals surface area contributed by atoms with Crippen molar-refractivity contribution in [2.24, 2.45) is 0 Å². The van der Waals surface area contributed by atoms with E-state index in [2.05, 4.69) is 15.3 Å². The maximum atomic E-state index is 12.8. The first kappa shape index (κ1) is 15.5. The molecule has 0 saturated heterocycles. The molecule has 1 heterocycles. The van der Waals surface area contributed by atoms with Crippen molar-refractivity contribution >= 4 is 11.6 Å². The minimum Gasteiger partial charge on any atom is -0.370 e. The first-order valence-electron chi connectivity index (χ1n) is 6.22. The van der Waals surface area contributed by atoms with Gasteiger partial charge in [0.1, 0.15) is 11.6 Å². The van der Waals surface area contributed by atoms with Crippen LogP contribution in [0.3, 0.4) is 0 Å². The van der Waals surface area contributed by atoms with Crippen molar-refractivity contribution in [1.29, 1.82) is 0 Å². The Hall–Kier alpha value is -1.53. The number of nitrogens with one attached hydrogen (secondary N) is 1. The van der Waals surface area contributed by atoms with Crippen molar-refractivity contribution in [3.05, 3.63) is 11.9 Å². The minimum atomic E-state index is -4.55. The Morgan fingerprint density at radius 1 is 1.32 bits per heavy atom. The molecule has 0 aromatic carbocycles. The number of rotatable bonds is 5. The molecule has 0 aliphatic rings. The monoisotopic (exact) mass is 276 g/mol. The summed E-state index contributed by atoms with van der Waals surface area (Å²) in [6.45, 7) is 6.20. The molecule has 108 valence electrons. The maximum Gasteiger partial charge on any atom is 0.451 e. The Morgan fingerprint density at radius 3 is 2.42 bits per heavy atom. The quantitative estimate of drug-likeness (QED) is 0.897. The molecule has 0 bridgehead atoms. The number of hydrogen-bond donors (Lipinski definition) is 1. The van der Waals surface area contributed by atoms with Gasteiger partial charge in [0.25, 0.3) is 0 Å². The van der Waals surface area contributed by atoms with E-state index in [0.717, 1.165) is 6.42 Å². The second kappa shape index (κ2) is 6.08. The van der Waals surface area contributed by atoms with E-state index in [1.54, 1.807) is 18.9 Å². The zero-order chi connectivity index (χ0) is 14.6. The van der Waals surface area contributed by atoms with E-state index >= 15 is 0 Å². The van der Waals surface area contributed by atoms with E-state index in [9.17, 15) is 13.2 Å². The van der Waals surface area contributed by atoms with Crippen LogP contribution in [0.4, 0.5) is 24.8 Å². The van der Waals surface area contributed by atoms with Gasteiger partial charge in [0.05, 0.1) is 0 Å². The van der Waals surface area contributed by atoms with Gasteiger partial charge in [-0.15, -0.1) is 0 Å². The number of nitrogens with zero attached hydrogens (tertiary/aromatic N) is 3. The van der Waals surface area contributed by atoms with Crippen molar-refractivity contribution in [1.82, 2.24) is 9.97 Å². The number of alkyl halides is 3. The Morgan fingerprint density at radius 2 is 1.95 bits per heavy atom. The van der Waals surface area contributed by atoms with Gasteiger partial charge in [-0.05, 0) is 20.3 Å². The summed E-state index contributed by atoms with van der Waals surface area (Å²) in [6, 6.07) is 1.63. The molecule has 4 nitrogen and oxygen atoms in total. The summed E-state index contributed by atoms with van der Waals surface area (Å²) in [5.74, 6) is -0.654. The summed E-state index contributed by atoms with van der Waals surface area (Å²) in [5.41, 5.74) is 0. The van der Waals surface area contributed by atoms with Crippen molar-refractivity contribution in [3.63, 3.8) is 0 Å². The van der Waals surface area contributed by atoms with Gasteiger partial charge in [0.15, 0.2) is 0 Å². The zero-order valence-corrected chi connectivity index (χ0v) is 11.5. The van der Waals surface area contributed by atoms with Gasteiger partial charge in [0, 0.05) is 25.7 Å². The van der Waals surface area contributed by atoms with E-state index in [1.807, 2.05) is 13.8 Å². The molecule has 19 heavy (non-hydrogen) atoms. The maximum absolute atomic E-state index is 12.8. The Kier molecular flexibility index (Phi) is 4.97. The van der Waals surface area contributed by atoms with E-state index in [-0.39, 0.29) is 17.7 Å². The molecule has 1 aromatic rings. The lowest BCUT2D eigenvalue weighted by Crippen LogP contribution is -2.30. The summed E-state index contributed by atoms with van der Waals surface area (Å²) >= 11 is 0. The lowest BCUT2D eigenvalue weighted by molar-refractivity contribution is -0.144. The Balaban J connectivity index is 3.20. The van der Waals surface area contributed by atoms with Gasteiger partial charge < -0.3 is 10.2 Å².